The number of hydrogen-bond donors (Lipinski definition) is 1. The zero-order valence-corrected chi connectivity index (χ0v) is 14.8. The third kappa shape index (κ3) is 3.29. The molecule has 1 aliphatic heterocycles. The molecule has 130 valence electrons. The van der Waals surface area contributed by atoms with E-state index in [1.165, 1.54) is 28.8 Å². The van der Waals surface area contributed by atoms with Crippen molar-refractivity contribution in [3.05, 3.63) is 58.9 Å². The van der Waals surface area contributed by atoms with E-state index in [4.69, 9.17) is 0 Å². The van der Waals surface area contributed by atoms with Crippen molar-refractivity contribution in [1.82, 2.24) is 15.0 Å². The first-order chi connectivity index (χ1) is 12.1. The molecule has 2 aromatic carbocycles. The Morgan fingerprint density at radius 3 is 2.72 bits per heavy atom. The highest BCUT2D eigenvalue weighted by molar-refractivity contribution is 5.74. The van der Waals surface area contributed by atoms with Gasteiger partial charge in [-0.05, 0) is 31.5 Å². The highest BCUT2D eigenvalue weighted by Crippen LogP contribution is 2.22. The molecule has 1 aromatic heterocycles. The quantitative estimate of drug-likeness (QED) is 0.796. The Morgan fingerprint density at radius 1 is 1.12 bits per heavy atom. The number of nitrogens with zero attached hydrogens (tertiary/aromatic N) is 3. The molecule has 0 unspecified atom stereocenters. The first kappa shape index (κ1) is 16.2. The van der Waals surface area contributed by atoms with Crippen LogP contribution < -0.4 is 4.90 Å². The van der Waals surface area contributed by atoms with Crippen LogP contribution in [0.3, 0.4) is 0 Å². The standard InChI is InChI=1S/C20H23FN4/c1-14-3-4-15(2)16(11-14)13-24-9-7-18(8-10-24)25-20-6-5-17(21)12-19(20)22-23-25/h3-6,11-12,18H,7-10,13H2,1-2H3/p+1. The molecule has 0 bridgehead atoms. The van der Waals surface area contributed by atoms with Crippen LogP contribution in [0.1, 0.15) is 35.6 Å². The topological polar surface area (TPSA) is 35.2 Å². The molecule has 1 aliphatic rings. The average Bonchev–Trinajstić information content (AvgIpc) is 3.02. The smallest absolute Gasteiger partial charge is 0.125 e. The fourth-order valence-corrected chi connectivity index (χ4v) is 3.88. The van der Waals surface area contributed by atoms with Gasteiger partial charge in [0.2, 0.25) is 0 Å². The van der Waals surface area contributed by atoms with Crippen molar-refractivity contribution >= 4 is 11.0 Å². The van der Waals surface area contributed by atoms with Gasteiger partial charge in [0.05, 0.1) is 24.6 Å². The molecule has 3 aromatic rings. The van der Waals surface area contributed by atoms with Crippen LogP contribution in [-0.2, 0) is 6.54 Å². The summed E-state index contributed by atoms with van der Waals surface area (Å²) < 4.78 is 15.3. The number of aryl methyl sites for hydroxylation is 2. The molecule has 1 fully saturated rings. The van der Waals surface area contributed by atoms with Gasteiger partial charge < -0.3 is 4.90 Å². The van der Waals surface area contributed by atoms with E-state index in [-0.39, 0.29) is 5.82 Å². The van der Waals surface area contributed by atoms with Crippen LogP contribution in [0.5, 0.6) is 0 Å². The third-order valence-corrected chi connectivity index (χ3v) is 5.39. The van der Waals surface area contributed by atoms with E-state index >= 15 is 0 Å². The van der Waals surface area contributed by atoms with E-state index in [0.717, 1.165) is 38.0 Å². The van der Waals surface area contributed by atoms with Gasteiger partial charge in [-0.15, -0.1) is 5.10 Å². The van der Waals surface area contributed by atoms with Gasteiger partial charge in [-0.2, -0.15) is 0 Å². The van der Waals surface area contributed by atoms with E-state index in [0.29, 0.717) is 11.6 Å². The average molecular weight is 339 g/mol. The molecule has 0 aliphatic carbocycles. The summed E-state index contributed by atoms with van der Waals surface area (Å²) >= 11 is 0. The normalized spacial score (nSPS) is 20.9. The molecule has 0 atom stereocenters. The Bertz CT molecular complexity index is 894. The fraction of sp³-hybridized carbons (Fsp3) is 0.400. The number of hydrogen-bond acceptors (Lipinski definition) is 2. The maximum atomic E-state index is 13.3. The lowest BCUT2D eigenvalue weighted by Gasteiger charge is -2.30. The molecule has 0 saturated carbocycles. The molecule has 1 N–H and O–H groups in total. The van der Waals surface area contributed by atoms with Gasteiger partial charge in [0.15, 0.2) is 0 Å². The van der Waals surface area contributed by atoms with E-state index in [1.807, 2.05) is 4.68 Å². The van der Waals surface area contributed by atoms with E-state index < -0.39 is 0 Å². The number of rotatable bonds is 3. The van der Waals surface area contributed by atoms with Gasteiger partial charge >= 0.3 is 0 Å². The van der Waals surface area contributed by atoms with Crippen LogP contribution in [0.4, 0.5) is 4.39 Å². The molecular weight excluding hydrogens is 315 g/mol. The summed E-state index contributed by atoms with van der Waals surface area (Å²) in [6.45, 7) is 7.69. The number of aromatic nitrogens is 3. The summed E-state index contributed by atoms with van der Waals surface area (Å²) in [6.07, 6.45) is 2.16. The van der Waals surface area contributed by atoms with Gasteiger partial charge in [0.25, 0.3) is 0 Å². The predicted molar refractivity (Wildman–Crippen MR) is 96.1 cm³/mol. The van der Waals surface area contributed by atoms with Crippen molar-refractivity contribution in [3.8, 4) is 0 Å². The van der Waals surface area contributed by atoms with E-state index in [2.05, 4.69) is 42.4 Å². The number of nitrogens with one attached hydrogen (secondary N) is 1. The minimum atomic E-state index is -0.257. The predicted octanol–water partition coefficient (Wildman–Crippen LogP) is 2.61. The molecule has 1 saturated heterocycles. The summed E-state index contributed by atoms with van der Waals surface area (Å²) in [5.74, 6) is -0.257. The maximum absolute atomic E-state index is 13.3. The van der Waals surface area contributed by atoms with E-state index in [9.17, 15) is 4.39 Å². The number of likely N-dealkylation sites (tertiary alicyclic amines) is 1. The van der Waals surface area contributed by atoms with Gasteiger partial charge in [-0.25, -0.2) is 9.07 Å². The molecule has 2 heterocycles. The van der Waals surface area contributed by atoms with Crippen molar-refractivity contribution in [2.75, 3.05) is 13.1 Å². The summed E-state index contributed by atoms with van der Waals surface area (Å²) in [4.78, 5) is 1.63. The highest BCUT2D eigenvalue weighted by Gasteiger charge is 2.25. The van der Waals surface area contributed by atoms with Crippen molar-refractivity contribution in [2.24, 2.45) is 0 Å². The monoisotopic (exact) mass is 339 g/mol. The molecule has 25 heavy (non-hydrogen) atoms. The Balaban J connectivity index is 1.45. The lowest BCUT2D eigenvalue weighted by Crippen LogP contribution is -3.11. The summed E-state index contributed by atoms with van der Waals surface area (Å²) in [5.41, 5.74) is 5.74. The van der Waals surface area contributed by atoms with Crippen LogP contribution in [0.2, 0.25) is 0 Å². The third-order valence-electron chi connectivity index (χ3n) is 5.39. The Hall–Kier alpha value is -2.27. The minimum absolute atomic E-state index is 0.257. The second-order valence-electron chi connectivity index (χ2n) is 7.25. The first-order valence-corrected chi connectivity index (χ1v) is 9.00. The Morgan fingerprint density at radius 2 is 1.92 bits per heavy atom. The van der Waals surface area contributed by atoms with Crippen LogP contribution in [0, 0.1) is 19.7 Å². The summed E-state index contributed by atoms with van der Waals surface area (Å²) in [6, 6.07) is 11.8. The van der Waals surface area contributed by atoms with Crippen molar-refractivity contribution < 1.29 is 9.29 Å². The zero-order valence-electron chi connectivity index (χ0n) is 14.8. The molecule has 4 rings (SSSR count). The SMILES string of the molecule is Cc1ccc(C)c(C[NH+]2CCC(n3nnc4cc(F)ccc43)CC2)c1. The molecule has 0 amide bonds. The number of piperidine rings is 1. The Kier molecular flexibility index (Phi) is 4.25. The van der Waals surface area contributed by atoms with Gasteiger partial charge in [0.1, 0.15) is 17.9 Å². The maximum Gasteiger partial charge on any atom is 0.125 e. The van der Waals surface area contributed by atoms with Crippen LogP contribution in [0.15, 0.2) is 36.4 Å². The molecule has 0 spiro atoms. The van der Waals surface area contributed by atoms with Crippen LogP contribution >= 0.6 is 0 Å². The highest BCUT2D eigenvalue weighted by atomic mass is 19.1. The molecule has 0 radical (unpaired) electrons. The van der Waals surface area contributed by atoms with Crippen LogP contribution in [0.25, 0.3) is 11.0 Å². The van der Waals surface area contributed by atoms with Crippen LogP contribution in [-0.4, -0.2) is 28.1 Å². The molecule has 4 nitrogen and oxygen atoms in total. The van der Waals surface area contributed by atoms with Gasteiger partial charge in [-0.1, -0.05) is 29.0 Å². The second-order valence-corrected chi connectivity index (χ2v) is 7.25. The summed E-state index contributed by atoms with van der Waals surface area (Å²) in [5, 5.41) is 8.41. The number of quaternary nitrogens is 1. The van der Waals surface area contributed by atoms with Crippen molar-refractivity contribution in [2.45, 2.75) is 39.3 Å². The Labute approximate surface area is 147 Å². The fourth-order valence-electron chi connectivity index (χ4n) is 3.88. The molecular formula is C20H24FN4+. The van der Waals surface area contributed by atoms with Crippen molar-refractivity contribution in [3.63, 3.8) is 0 Å². The largest absolute Gasteiger partial charge is 0.331 e. The zero-order chi connectivity index (χ0) is 17.4. The number of fused-ring (bicyclic) bond motifs is 1. The lowest BCUT2D eigenvalue weighted by atomic mass is 10.0. The minimum Gasteiger partial charge on any atom is -0.331 e. The molecule has 5 heteroatoms. The summed E-state index contributed by atoms with van der Waals surface area (Å²) in [7, 11) is 0. The van der Waals surface area contributed by atoms with Crippen molar-refractivity contribution in [1.29, 1.82) is 0 Å². The van der Waals surface area contributed by atoms with Gasteiger partial charge in [-0.3, -0.25) is 0 Å². The number of benzene rings is 2. The first-order valence-electron chi connectivity index (χ1n) is 9.00. The number of halogens is 1. The van der Waals surface area contributed by atoms with E-state index in [1.54, 1.807) is 11.0 Å². The second kappa shape index (κ2) is 6.56. The lowest BCUT2D eigenvalue weighted by molar-refractivity contribution is -0.919. The van der Waals surface area contributed by atoms with Gasteiger partial charge in [0, 0.05) is 24.5 Å².